The first-order valence-corrected chi connectivity index (χ1v) is 8.00. The zero-order valence-corrected chi connectivity index (χ0v) is 14.9. The molecule has 0 fully saturated rings. The highest BCUT2D eigenvalue weighted by molar-refractivity contribution is 5.77. The molecule has 1 rings (SSSR count). The van der Waals surface area contributed by atoms with E-state index in [-0.39, 0.29) is 12.5 Å². The first-order chi connectivity index (χ1) is 11.1. The minimum absolute atomic E-state index is 0.272. The molecule has 2 atom stereocenters. The molecule has 0 radical (unpaired) electrons. The summed E-state index contributed by atoms with van der Waals surface area (Å²) in [6.45, 7) is 8.60. The van der Waals surface area contributed by atoms with Crippen molar-refractivity contribution in [1.29, 1.82) is 0 Å². The van der Waals surface area contributed by atoms with E-state index in [0.29, 0.717) is 0 Å². The van der Waals surface area contributed by atoms with E-state index >= 15 is 0 Å². The molecule has 0 aromatic heterocycles. The molecule has 6 heteroatoms. The summed E-state index contributed by atoms with van der Waals surface area (Å²) in [7, 11) is 0. The van der Waals surface area contributed by atoms with E-state index in [4.69, 9.17) is 9.47 Å². The Morgan fingerprint density at radius 1 is 1.17 bits per heavy atom. The number of ether oxygens (including phenoxy) is 2. The van der Waals surface area contributed by atoms with Gasteiger partial charge in [0.15, 0.2) is 6.10 Å². The number of amides is 1. The van der Waals surface area contributed by atoms with Crippen molar-refractivity contribution in [2.24, 2.45) is 0 Å². The van der Waals surface area contributed by atoms with Crippen LogP contribution >= 0.6 is 0 Å². The monoisotopic (exact) mass is 337 g/mol. The Hall–Kier alpha value is -2.08. The number of aliphatic hydroxyl groups excluding tert-OH is 1. The number of aliphatic hydroxyl groups is 1. The van der Waals surface area contributed by atoms with Gasteiger partial charge in [0, 0.05) is 0 Å². The molecule has 2 N–H and O–H groups in total. The quantitative estimate of drug-likeness (QED) is 0.779. The van der Waals surface area contributed by atoms with Gasteiger partial charge < -0.3 is 19.9 Å². The smallest absolute Gasteiger partial charge is 0.407 e. The van der Waals surface area contributed by atoms with Gasteiger partial charge in [-0.25, -0.2) is 9.59 Å². The first-order valence-electron chi connectivity index (χ1n) is 8.00. The van der Waals surface area contributed by atoms with Gasteiger partial charge in [-0.2, -0.15) is 0 Å². The molecule has 0 aliphatic heterocycles. The van der Waals surface area contributed by atoms with Crippen molar-refractivity contribution in [2.75, 3.05) is 0 Å². The van der Waals surface area contributed by atoms with E-state index in [9.17, 15) is 14.7 Å². The van der Waals surface area contributed by atoms with Crippen LogP contribution < -0.4 is 5.32 Å². The molecule has 6 nitrogen and oxygen atoms in total. The van der Waals surface area contributed by atoms with Crippen molar-refractivity contribution >= 4 is 12.1 Å². The summed E-state index contributed by atoms with van der Waals surface area (Å²) < 4.78 is 10.2. The molecule has 0 heterocycles. The Balaban J connectivity index is 2.86. The largest absolute Gasteiger partial charge is 0.461 e. The Bertz CT molecular complexity index is 536. The molecule has 1 aromatic carbocycles. The number of carbonyl (C=O) groups excluding carboxylic acids is 2. The fraction of sp³-hybridized carbons (Fsp3) is 0.556. The second-order valence-electron chi connectivity index (χ2n) is 6.87. The van der Waals surface area contributed by atoms with Crippen molar-refractivity contribution < 1.29 is 24.2 Å². The van der Waals surface area contributed by atoms with Crippen LogP contribution in [-0.4, -0.2) is 41.0 Å². The number of carbonyl (C=O) groups is 2. The van der Waals surface area contributed by atoms with Crippen molar-refractivity contribution in [2.45, 2.75) is 64.9 Å². The number of benzene rings is 1. The Kier molecular flexibility index (Phi) is 7.22. The van der Waals surface area contributed by atoms with Gasteiger partial charge in [-0.05, 0) is 46.6 Å². The van der Waals surface area contributed by atoms with Crippen LogP contribution in [0.1, 0.15) is 40.2 Å². The summed E-state index contributed by atoms with van der Waals surface area (Å²) in [5, 5.41) is 12.9. The summed E-state index contributed by atoms with van der Waals surface area (Å²) in [4.78, 5) is 24.0. The average Bonchev–Trinajstić information content (AvgIpc) is 2.44. The van der Waals surface area contributed by atoms with Gasteiger partial charge in [-0.15, -0.1) is 0 Å². The van der Waals surface area contributed by atoms with Crippen molar-refractivity contribution in [3.8, 4) is 0 Å². The summed E-state index contributed by atoms with van der Waals surface area (Å²) in [6.07, 6.45) is -2.26. The predicted molar refractivity (Wildman–Crippen MR) is 90.5 cm³/mol. The van der Waals surface area contributed by atoms with E-state index < -0.39 is 29.8 Å². The highest BCUT2D eigenvalue weighted by Crippen LogP contribution is 2.11. The summed E-state index contributed by atoms with van der Waals surface area (Å²) >= 11 is 0. The van der Waals surface area contributed by atoms with E-state index in [0.717, 1.165) is 5.56 Å². The van der Waals surface area contributed by atoms with Crippen LogP contribution in [0.4, 0.5) is 4.79 Å². The molecular formula is C18H27NO5. The number of alkyl carbamates (subject to hydrolysis) is 1. The van der Waals surface area contributed by atoms with Crippen LogP contribution in [0.2, 0.25) is 0 Å². The summed E-state index contributed by atoms with van der Waals surface area (Å²) in [6, 6.07) is 8.41. The van der Waals surface area contributed by atoms with Crippen molar-refractivity contribution in [1.82, 2.24) is 5.32 Å². The third-order valence-electron chi connectivity index (χ3n) is 2.98. The maximum absolute atomic E-state index is 12.0. The average molecular weight is 337 g/mol. The Labute approximate surface area is 143 Å². The summed E-state index contributed by atoms with van der Waals surface area (Å²) in [5.41, 5.74) is 0.195. The molecule has 0 saturated heterocycles. The normalized spacial score (nSPS) is 14.0. The van der Waals surface area contributed by atoms with Crippen LogP contribution in [0.15, 0.2) is 30.3 Å². The lowest BCUT2D eigenvalue weighted by atomic mass is 10.0. The van der Waals surface area contributed by atoms with Crippen LogP contribution in [0.25, 0.3) is 0 Å². The van der Waals surface area contributed by atoms with Gasteiger partial charge in [-0.3, -0.25) is 0 Å². The number of hydrogen-bond donors (Lipinski definition) is 2. The molecule has 0 bridgehead atoms. The van der Waals surface area contributed by atoms with Gasteiger partial charge in [0.1, 0.15) is 5.60 Å². The van der Waals surface area contributed by atoms with Gasteiger partial charge >= 0.3 is 12.1 Å². The number of esters is 1. The molecule has 0 spiro atoms. The lowest BCUT2D eigenvalue weighted by Gasteiger charge is -2.26. The second-order valence-corrected chi connectivity index (χ2v) is 6.87. The molecule has 0 aliphatic rings. The van der Waals surface area contributed by atoms with Crippen molar-refractivity contribution in [3.63, 3.8) is 0 Å². The lowest BCUT2D eigenvalue weighted by Crippen LogP contribution is -2.50. The lowest BCUT2D eigenvalue weighted by molar-refractivity contribution is -0.158. The third kappa shape index (κ3) is 7.46. The topological polar surface area (TPSA) is 84.9 Å². The highest BCUT2D eigenvalue weighted by atomic mass is 16.6. The van der Waals surface area contributed by atoms with E-state index in [1.807, 2.05) is 30.3 Å². The van der Waals surface area contributed by atoms with Gasteiger partial charge in [-0.1, -0.05) is 30.3 Å². The van der Waals surface area contributed by atoms with E-state index in [1.165, 1.54) is 0 Å². The molecule has 2 unspecified atom stereocenters. The SMILES string of the molecule is CC(C)OC(=O)C(O)C(Cc1ccccc1)NC(=O)OC(C)(C)C. The fourth-order valence-corrected chi connectivity index (χ4v) is 2.03. The van der Waals surface area contributed by atoms with Gasteiger partial charge in [0.2, 0.25) is 0 Å². The van der Waals surface area contributed by atoms with Crippen LogP contribution in [-0.2, 0) is 20.7 Å². The van der Waals surface area contributed by atoms with E-state index in [1.54, 1.807) is 34.6 Å². The van der Waals surface area contributed by atoms with Crippen molar-refractivity contribution in [3.05, 3.63) is 35.9 Å². The second kappa shape index (κ2) is 8.68. The molecule has 24 heavy (non-hydrogen) atoms. The predicted octanol–water partition coefficient (Wildman–Crippen LogP) is 2.43. The third-order valence-corrected chi connectivity index (χ3v) is 2.98. The van der Waals surface area contributed by atoms with Crippen LogP contribution in [0, 0.1) is 0 Å². The Morgan fingerprint density at radius 3 is 2.25 bits per heavy atom. The maximum Gasteiger partial charge on any atom is 0.407 e. The number of rotatable bonds is 6. The molecule has 0 aliphatic carbocycles. The molecule has 1 amide bonds. The molecule has 134 valence electrons. The summed E-state index contributed by atoms with van der Waals surface area (Å²) in [5.74, 6) is -0.776. The number of nitrogens with one attached hydrogen (secondary N) is 1. The highest BCUT2D eigenvalue weighted by Gasteiger charge is 2.31. The minimum atomic E-state index is -1.49. The number of hydrogen-bond acceptors (Lipinski definition) is 5. The van der Waals surface area contributed by atoms with Gasteiger partial charge in [0.25, 0.3) is 0 Å². The molecule has 1 aromatic rings. The molecule has 0 saturated carbocycles. The van der Waals surface area contributed by atoms with Crippen LogP contribution in [0.3, 0.4) is 0 Å². The standard InChI is InChI=1S/C18H27NO5/c1-12(2)23-16(21)15(20)14(11-13-9-7-6-8-10-13)19-17(22)24-18(3,4)5/h6-10,12,14-15,20H,11H2,1-5H3,(H,19,22). The first kappa shape index (κ1) is 20.0. The van der Waals surface area contributed by atoms with Gasteiger partial charge in [0.05, 0.1) is 12.1 Å². The minimum Gasteiger partial charge on any atom is -0.461 e. The fourth-order valence-electron chi connectivity index (χ4n) is 2.03. The zero-order chi connectivity index (χ0) is 18.3. The molecular weight excluding hydrogens is 310 g/mol. The zero-order valence-electron chi connectivity index (χ0n) is 14.9. The maximum atomic E-state index is 12.0. The van der Waals surface area contributed by atoms with Crippen LogP contribution in [0.5, 0.6) is 0 Å². The van der Waals surface area contributed by atoms with E-state index in [2.05, 4.69) is 5.32 Å². The Morgan fingerprint density at radius 2 is 1.75 bits per heavy atom.